The first-order valence-corrected chi connectivity index (χ1v) is 9.30. The van der Waals surface area contributed by atoms with Crippen LogP contribution in [-0.2, 0) is 16.4 Å². The van der Waals surface area contributed by atoms with Crippen molar-refractivity contribution >= 4 is 21.4 Å². The summed E-state index contributed by atoms with van der Waals surface area (Å²) in [5.74, 6) is 0.0809. The zero-order valence-corrected chi connectivity index (χ0v) is 14.9. The van der Waals surface area contributed by atoms with E-state index in [2.05, 4.69) is 11.6 Å². The summed E-state index contributed by atoms with van der Waals surface area (Å²) in [6.45, 7) is 2.10. The van der Waals surface area contributed by atoms with E-state index in [4.69, 9.17) is 4.74 Å². The lowest BCUT2D eigenvalue weighted by atomic mass is 10.1. The molecule has 0 atom stereocenters. The molecule has 2 aromatic rings. The monoisotopic (exact) mass is 364 g/mol. The van der Waals surface area contributed by atoms with Crippen LogP contribution in [-0.4, -0.2) is 20.5 Å². The van der Waals surface area contributed by atoms with E-state index in [9.17, 15) is 18.5 Å². The van der Waals surface area contributed by atoms with E-state index < -0.39 is 14.9 Å². The molecule has 2 rings (SSSR count). The Morgan fingerprint density at radius 2 is 1.84 bits per heavy atom. The van der Waals surface area contributed by atoms with Crippen molar-refractivity contribution in [3.63, 3.8) is 0 Å². The number of hydrogen-bond acceptors (Lipinski definition) is 5. The largest absolute Gasteiger partial charge is 0.494 e. The maximum Gasteiger partial charge on any atom is 0.273 e. The quantitative estimate of drug-likeness (QED) is 0.568. The van der Waals surface area contributed by atoms with E-state index in [0.717, 1.165) is 24.8 Å². The number of hydrogen-bond donors (Lipinski definition) is 1. The number of ether oxygens (including phenoxy) is 1. The van der Waals surface area contributed by atoms with Gasteiger partial charge in [-0.15, -0.1) is 0 Å². The second-order valence-corrected chi connectivity index (χ2v) is 7.18. The van der Waals surface area contributed by atoms with Gasteiger partial charge in [-0.1, -0.05) is 25.5 Å². The highest BCUT2D eigenvalue weighted by molar-refractivity contribution is 7.92. The fourth-order valence-electron chi connectivity index (χ4n) is 2.30. The highest BCUT2D eigenvalue weighted by Crippen LogP contribution is 2.30. The highest BCUT2D eigenvalue weighted by Gasteiger charge is 2.18. The zero-order valence-electron chi connectivity index (χ0n) is 14.1. The summed E-state index contributed by atoms with van der Waals surface area (Å²) in [4.78, 5) is 10.4. The summed E-state index contributed by atoms with van der Waals surface area (Å²) in [5.41, 5.74) is 1.04. The van der Waals surface area contributed by atoms with E-state index in [-0.39, 0.29) is 22.0 Å². The van der Waals surface area contributed by atoms with Gasteiger partial charge in [-0.25, -0.2) is 8.42 Å². The van der Waals surface area contributed by atoms with Gasteiger partial charge in [0.2, 0.25) is 0 Å². The number of non-ortho nitro benzene ring substituents is 1. The number of nitro groups is 1. The number of methoxy groups -OCH3 is 1. The molecule has 0 heterocycles. The van der Waals surface area contributed by atoms with Crippen LogP contribution in [0.1, 0.15) is 25.3 Å². The fourth-order valence-corrected chi connectivity index (χ4v) is 3.37. The average molecular weight is 364 g/mol. The average Bonchev–Trinajstić information content (AvgIpc) is 2.60. The summed E-state index contributed by atoms with van der Waals surface area (Å²) >= 11 is 0. The Morgan fingerprint density at radius 1 is 1.16 bits per heavy atom. The van der Waals surface area contributed by atoms with E-state index in [1.807, 2.05) is 0 Å². The van der Waals surface area contributed by atoms with Crippen LogP contribution in [0.25, 0.3) is 0 Å². The molecule has 0 aliphatic rings. The van der Waals surface area contributed by atoms with E-state index in [0.29, 0.717) is 0 Å². The van der Waals surface area contributed by atoms with E-state index in [1.165, 1.54) is 25.3 Å². The van der Waals surface area contributed by atoms with E-state index in [1.54, 1.807) is 24.3 Å². The summed E-state index contributed by atoms with van der Waals surface area (Å²) < 4.78 is 32.5. The van der Waals surface area contributed by atoms with Crippen LogP contribution < -0.4 is 9.46 Å². The van der Waals surface area contributed by atoms with Gasteiger partial charge in [-0.3, -0.25) is 14.8 Å². The predicted molar refractivity (Wildman–Crippen MR) is 95.5 cm³/mol. The molecular weight excluding hydrogens is 344 g/mol. The third-order valence-electron chi connectivity index (χ3n) is 3.69. The van der Waals surface area contributed by atoms with Crippen molar-refractivity contribution in [1.82, 2.24) is 0 Å². The molecule has 0 aromatic heterocycles. The molecule has 2 aromatic carbocycles. The van der Waals surface area contributed by atoms with E-state index >= 15 is 0 Å². The summed E-state index contributed by atoms with van der Waals surface area (Å²) in [7, 11) is -2.50. The number of benzene rings is 2. The van der Waals surface area contributed by atoms with Crippen LogP contribution in [0.3, 0.4) is 0 Å². The molecule has 0 spiro atoms. The third-order valence-corrected chi connectivity index (χ3v) is 5.07. The van der Waals surface area contributed by atoms with Gasteiger partial charge in [0.05, 0.1) is 28.7 Å². The molecule has 0 saturated heterocycles. The Morgan fingerprint density at radius 3 is 2.40 bits per heavy atom. The maximum atomic E-state index is 12.5. The molecule has 134 valence electrons. The minimum atomic E-state index is -3.82. The zero-order chi connectivity index (χ0) is 18.4. The summed E-state index contributed by atoms with van der Waals surface area (Å²) in [6, 6.07) is 10.4. The van der Waals surface area contributed by atoms with Crippen molar-refractivity contribution in [1.29, 1.82) is 0 Å². The van der Waals surface area contributed by atoms with Crippen LogP contribution in [0.4, 0.5) is 11.4 Å². The molecular formula is C17H20N2O5S. The number of aryl methyl sites for hydroxylation is 1. The Hall–Kier alpha value is -2.61. The lowest BCUT2D eigenvalue weighted by molar-refractivity contribution is -0.384. The maximum absolute atomic E-state index is 12.5. The Bertz CT molecular complexity index is 848. The molecule has 0 radical (unpaired) electrons. The van der Waals surface area contributed by atoms with Gasteiger partial charge in [-0.05, 0) is 36.6 Å². The van der Waals surface area contributed by atoms with Crippen molar-refractivity contribution in [2.24, 2.45) is 0 Å². The second kappa shape index (κ2) is 7.98. The number of unbranched alkanes of at least 4 members (excludes halogenated alkanes) is 1. The minimum Gasteiger partial charge on any atom is -0.494 e. The smallest absolute Gasteiger partial charge is 0.273 e. The molecule has 0 fully saturated rings. The van der Waals surface area contributed by atoms with Gasteiger partial charge in [0.15, 0.2) is 0 Å². The molecule has 0 unspecified atom stereocenters. The van der Waals surface area contributed by atoms with Crippen LogP contribution in [0.15, 0.2) is 47.4 Å². The van der Waals surface area contributed by atoms with Crippen molar-refractivity contribution in [3.8, 4) is 5.75 Å². The number of sulfonamides is 1. The first-order valence-electron chi connectivity index (χ1n) is 7.81. The van der Waals surface area contributed by atoms with Gasteiger partial charge in [0.1, 0.15) is 5.75 Å². The van der Waals surface area contributed by atoms with Crippen LogP contribution in [0.5, 0.6) is 5.75 Å². The fraction of sp³-hybridized carbons (Fsp3) is 0.294. The number of nitrogens with zero attached hydrogens (tertiary/aromatic N) is 1. The number of rotatable bonds is 8. The molecule has 0 aliphatic carbocycles. The van der Waals surface area contributed by atoms with Crippen LogP contribution >= 0.6 is 0 Å². The minimum absolute atomic E-state index is 0.0809. The van der Waals surface area contributed by atoms with Gasteiger partial charge < -0.3 is 4.74 Å². The predicted octanol–water partition coefficient (Wildman–Crippen LogP) is 3.75. The Kier molecular flexibility index (Phi) is 5.97. The van der Waals surface area contributed by atoms with Crippen LogP contribution in [0, 0.1) is 10.1 Å². The standard InChI is InChI=1S/C17H20N2O5S/c1-3-4-5-13-6-9-15(10-7-13)25(22,23)18-16-11-8-14(19(20)21)12-17(16)24-2/h6-12,18H,3-5H2,1-2H3. The molecule has 7 nitrogen and oxygen atoms in total. The molecule has 1 N–H and O–H groups in total. The lowest BCUT2D eigenvalue weighted by Gasteiger charge is -2.12. The topological polar surface area (TPSA) is 98.5 Å². The summed E-state index contributed by atoms with van der Waals surface area (Å²) in [5, 5.41) is 10.8. The van der Waals surface area contributed by atoms with Gasteiger partial charge >= 0.3 is 0 Å². The summed E-state index contributed by atoms with van der Waals surface area (Å²) in [6.07, 6.45) is 3.02. The molecule has 0 aliphatic heterocycles. The second-order valence-electron chi connectivity index (χ2n) is 5.49. The first kappa shape index (κ1) is 18.7. The highest BCUT2D eigenvalue weighted by atomic mass is 32.2. The molecule has 0 bridgehead atoms. The number of anilines is 1. The molecule has 25 heavy (non-hydrogen) atoms. The third kappa shape index (κ3) is 4.69. The van der Waals surface area contributed by atoms with Crippen LogP contribution in [0.2, 0.25) is 0 Å². The van der Waals surface area contributed by atoms with Gasteiger partial charge in [0, 0.05) is 6.07 Å². The van der Waals surface area contributed by atoms with Crippen molar-refractivity contribution in [2.75, 3.05) is 11.8 Å². The molecule has 0 saturated carbocycles. The molecule has 8 heteroatoms. The Labute approximate surface area is 146 Å². The van der Waals surface area contributed by atoms with Gasteiger partial charge in [-0.2, -0.15) is 0 Å². The molecule has 0 amide bonds. The van der Waals surface area contributed by atoms with Crippen molar-refractivity contribution < 1.29 is 18.1 Å². The SMILES string of the molecule is CCCCc1ccc(S(=O)(=O)Nc2ccc([N+](=O)[O-])cc2OC)cc1. The number of nitrogens with one attached hydrogen (secondary N) is 1. The van der Waals surface area contributed by atoms with Crippen molar-refractivity contribution in [3.05, 3.63) is 58.1 Å². The van der Waals surface area contributed by atoms with Gasteiger partial charge in [0.25, 0.3) is 15.7 Å². The normalized spacial score (nSPS) is 11.1. The van der Waals surface area contributed by atoms with Crippen molar-refractivity contribution in [2.45, 2.75) is 31.1 Å². The number of nitro benzene ring substituents is 1. The Balaban J connectivity index is 2.25. The first-order chi connectivity index (χ1) is 11.9. The lowest BCUT2D eigenvalue weighted by Crippen LogP contribution is -2.13.